The molecule has 1 aliphatic carbocycles. The van der Waals surface area contributed by atoms with Crippen LogP contribution in [0.15, 0.2) is 69.6 Å². The van der Waals surface area contributed by atoms with Gasteiger partial charge in [-0.25, -0.2) is 4.79 Å². The monoisotopic (exact) mass is 406 g/mol. The van der Waals surface area contributed by atoms with E-state index in [-0.39, 0.29) is 11.7 Å². The maximum atomic E-state index is 13.3. The van der Waals surface area contributed by atoms with Crippen LogP contribution >= 0.6 is 0 Å². The summed E-state index contributed by atoms with van der Waals surface area (Å²) in [6.07, 6.45) is 2.65. The van der Waals surface area contributed by atoms with E-state index < -0.39 is 11.9 Å². The normalized spacial score (nSPS) is 21.3. The van der Waals surface area contributed by atoms with Gasteiger partial charge in [0.05, 0.1) is 24.9 Å². The summed E-state index contributed by atoms with van der Waals surface area (Å²) in [4.78, 5) is 27.9. The summed E-state index contributed by atoms with van der Waals surface area (Å²) >= 11 is 0. The highest BCUT2D eigenvalue weighted by atomic mass is 16.5. The molecule has 1 aliphatic heterocycles. The molecule has 0 fully saturated rings. The van der Waals surface area contributed by atoms with Crippen molar-refractivity contribution in [2.45, 2.75) is 31.6 Å². The number of benzene rings is 1. The van der Waals surface area contributed by atoms with Crippen molar-refractivity contribution < 1.29 is 18.7 Å². The van der Waals surface area contributed by atoms with Crippen molar-refractivity contribution in [3.05, 3.63) is 76.5 Å². The minimum absolute atomic E-state index is 0.0285. The summed E-state index contributed by atoms with van der Waals surface area (Å²) in [6, 6.07) is 11.9. The average Bonchev–Trinajstić information content (AvgIpc) is 3.26. The smallest absolute Gasteiger partial charge is 0.336 e. The Kier molecular flexibility index (Phi) is 5.24. The summed E-state index contributed by atoms with van der Waals surface area (Å²) in [5, 5.41) is 3.32. The first-order valence-corrected chi connectivity index (χ1v) is 10.0. The number of methoxy groups -OCH3 is 1. The second-order valence-corrected chi connectivity index (χ2v) is 8.01. The van der Waals surface area contributed by atoms with Gasteiger partial charge >= 0.3 is 5.97 Å². The van der Waals surface area contributed by atoms with Gasteiger partial charge < -0.3 is 19.4 Å². The molecule has 2 atom stereocenters. The lowest BCUT2D eigenvalue weighted by Gasteiger charge is -2.35. The fourth-order valence-electron chi connectivity index (χ4n) is 4.44. The molecule has 1 aromatic carbocycles. The number of nitrogens with zero attached hydrogens (tertiary/aromatic N) is 1. The summed E-state index contributed by atoms with van der Waals surface area (Å²) in [7, 11) is 5.36. The Hall–Kier alpha value is -3.28. The molecule has 4 rings (SSSR count). The molecular formula is C24H26N2O4. The summed E-state index contributed by atoms with van der Waals surface area (Å²) in [6.45, 7) is 1.84. The second-order valence-electron chi connectivity index (χ2n) is 8.01. The van der Waals surface area contributed by atoms with E-state index in [2.05, 4.69) is 34.5 Å². The predicted octanol–water partition coefficient (Wildman–Crippen LogP) is 3.88. The molecule has 0 saturated carbocycles. The number of rotatable bonds is 4. The van der Waals surface area contributed by atoms with Crippen molar-refractivity contribution in [2.75, 3.05) is 26.1 Å². The highest BCUT2D eigenvalue weighted by molar-refractivity contribution is 6.04. The zero-order chi connectivity index (χ0) is 21.4. The topological polar surface area (TPSA) is 71.8 Å². The molecule has 0 amide bonds. The Morgan fingerprint density at radius 2 is 1.90 bits per heavy atom. The van der Waals surface area contributed by atoms with Crippen molar-refractivity contribution in [3.63, 3.8) is 0 Å². The van der Waals surface area contributed by atoms with E-state index in [9.17, 15) is 9.59 Å². The van der Waals surface area contributed by atoms with Gasteiger partial charge in [0.1, 0.15) is 5.76 Å². The van der Waals surface area contributed by atoms with E-state index in [1.807, 2.05) is 21.0 Å². The Labute approximate surface area is 176 Å². The SMILES string of the molecule is COC(=O)C1=C(C)NC2=C(C(=O)C[C@H](c3ccc(N(C)C)cc3)C2)[C@H]1c1ccco1. The molecule has 2 aromatic rings. The van der Waals surface area contributed by atoms with E-state index in [4.69, 9.17) is 9.15 Å². The van der Waals surface area contributed by atoms with Crippen molar-refractivity contribution in [1.82, 2.24) is 5.32 Å². The molecule has 0 bridgehead atoms. The Morgan fingerprint density at radius 3 is 2.50 bits per heavy atom. The third-order valence-corrected chi connectivity index (χ3v) is 5.94. The lowest BCUT2D eigenvalue weighted by Crippen LogP contribution is -2.35. The van der Waals surface area contributed by atoms with Crippen molar-refractivity contribution in [1.29, 1.82) is 0 Å². The number of dihydropyridines is 1. The average molecular weight is 406 g/mol. The standard InChI is InChI=1S/C24H26N2O4/c1-14-21(24(28)29-4)23(20-6-5-11-30-20)22-18(25-14)12-16(13-19(22)27)15-7-9-17(10-8-15)26(2)3/h5-11,16,23,25H,12-13H2,1-4H3/t16-,23+/m1/s1. The summed E-state index contributed by atoms with van der Waals surface area (Å²) in [5.74, 6) is -0.313. The molecule has 0 radical (unpaired) electrons. The third-order valence-electron chi connectivity index (χ3n) is 5.94. The number of allylic oxidation sites excluding steroid dienone is 3. The number of nitrogens with one attached hydrogen (secondary N) is 1. The number of ketones is 1. The number of carbonyl (C=O) groups is 2. The molecule has 0 unspecified atom stereocenters. The Bertz CT molecular complexity index is 1030. The van der Waals surface area contributed by atoms with Gasteiger partial charge in [-0.05, 0) is 49.1 Å². The second kappa shape index (κ2) is 7.86. The van der Waals surface area contributed by atoms with Gasteiger partial charge in [-0.3, -0.25) is 4.79 Å². The van der Waals surface area contributed by atoms with E-state index >= 15 is 0 Å². The fourth-order valence-corrected chi connectivity index (χ4v) is 4.44. The first kappa shape index (κ1) is 20.0. The number of anilines is 1. The molecule has 1 N–H and O–H groups in total. The van der Waals surface area contributed by atoms with Crippen LogP contribution < -0.4 is 10.2 Å². The van der Waals surface area contributed by atoms with Crippen LogP contribution in [-0.2, 0) is 14.3 Å². The molecule has 6 nitrogen and oxygen atoms in total. The molecule has 2 heterocycles. The van der Waals surface area contributed by atoms with Crippen molar-refractivity contribution in [3.8, 4) is 0 Å². The fraction of sp³-hybridized carbons (Fsp3) is 0.333. The highest BCUT2D eigenvalue weighted by Gasteiger charge is 2.42. The van der Waals surface area contributed by atoms with Gasteiger partial charge in [-0.2, -0.15) is 0 Å². The predicted molar refractivity (Wildman–Crippen MR) is 114 cm³/mol. The van der Waals surface area contributed by atoms with Crippen LogP contribution in [0.1, 0.15) is 42.9 Å². The quantitative estimate of drug-likeness (QED) is 0.777. The molecule has 2 aliphatic rings. The van der Waals surface area contributed by atoms with E-state index in [1.165, 1.54) is 7.11 Å². The number of carbonyl (C=O) groups excluding carboxylic acids is 2. The molecule has 0 saturated heterocycles. The molecule has 0 spiro atoms. The van der Waals surface area contributed by atoms with E-state index in [1.54, 1.807) is 18.4 Å². The minimum Gasteiger partial charge on any atom is -0.468 e. The van der Waals surface area contributed by atoms with E-state index in [0.717, 1.165) is 16.9 Å². The van der Waals surface area contributed by atoms with Crippen molar-refractivity contribution >= 4 is 17.4 Å². The van der Waals surface area contributed by atoms with Gasteiger partial charge in [0.2, 0.25) is 0 Å². The number of furan rings is 1. The lowest BCUT2D eigenvalue weighted by molar-refractivity contribution is -0.136. The van der Waals surface area contributed by atoms with Crippen LogP contribution in [-0.4, -0.2) is 33.0 Å². The first-order valence-electron chi connectivity index (χ1n) is 10.0. The number of esters is 1. The van der Waals surface area contributed by atoms with Crippen LogP contribution in [0.25, 0.3) is 0 Å². The zero-order valence-corrected chi connectivity index (χ0v) is 17.7. The molecule has 30 heavy (non-hydrogen) atoms. The van der Waals surface area contributed by atoms with Gasteiger partial charge in [-0.1, -0.05) is 12.1 Å². The van der Waals surface area contributed by atoms with Gasteiger partial charge in [0, 0.05) is 43.2 Å². The maximum absolute atomic E-state index is 13.3. The number of Topliss-reactive ketones (excluding diaryl/α,β-unsaturated/α-hetero) is 1. The van der Waals surface area contributed by atoms with Crippen LogP contribution in [0.3, 0.4) is 0 Å². The largest absolute Gasteiger partial charge is 0.468 e. The van der Waals surface area contributed by atoms with E-state index in [0.29, 0.717) is 35.4 Å². The molecule has 156 valence electrons. The molecule has 1 aromatic heterocycles. The Balaban J connectivity index is 1.72. The van der Waals surface area contributed by atoms with Crippen LogP contribution in [0.4, 0.5) is 5.69 Å². The van der Waals surface area contributed by atoms with Crippen LogP contribution in [0, 0.1) is 0 Å². The van der Waals surface area contributed by atoms with Crippen molar-refractivity contribution in [2.24, 2.45) is 0 Å². The zero-order valence-electron chi connectivity index (χ0n) is 17.7. The molecular weight excluding hydrogens is 380 g/mol. The number of ether oxygens (including phenoxy) is 1. The summed E-state index contributed by atoms with van der Waals surface area (Å²) in [5.41, 5.74) is 4.84. The van der Waals surface area contributed by atoms with Gasteiger partial charge in [-0.15, -0.1) is 0 Å². The first-order chi connectivity index (χ1) is 14.4. The van der Waals surface area contributed by atoms with Gasteiger partial charge in [0.15, 0.2) is 5.78 Å². The van der Waals surface area contributed by atoms with Crippen LogP contribution in [0.5, 0.6) is 0 Å². The lowest BCUT2D eigenvalue weighted by atomic mass is 9.73. The van der Waals surface area contributed by atoms with Crippen LogP contribution in [0.2, 0.25) is 0 Å². The Morgan fingerprint density at radius 1 is 1.17 bits per heavy atom. The minimum atomic E-state index is -0.548. The third kappa shape index (κ3) is 3.43. The maximum Gasteiger partial charge on any atom is 0.336 e. The highest BCUT2D eigenvalue weighted by Crippen LogP contribution is 2.45. The van der Waals surface area contributed by atoms with Gasteiger partial charge in [0.25, 0.3) is 0 Å². The number of hydrogen-bond acceptors (Lipinski definition) is 6. The summed E-state index contributed by atoms with van der Waals surface area (Å²) < 4.78 is 10.6. The number of hydrogen-bond donors (Lipinski definition) is 1. The molecule has 6 heteroatoms.